The van der Waals surface area contributed by atoms with Crippen molar-refractivity contribution in [3.63, 3.8) is 0 Å². The number of ether oxygens (including phenoxy) is 1. The topological polar surface area (TPSA) is 46.5 Å². The van der Waals surface area contributed by atoms with Gasteiger partial charge in [0.25, 0.3) is 0 Å². The first-order valence-electron chi connectivity index (χ1n) is 13.2. The minimum atomic E-state index is -0.303. The van der Waals surface area contributed by atoms with E-state index in [9.17, 15) is 4.79 Å². The van der Waals surface area contributed by atoms with Gasteiger partial charge in [-0.2, -0.15) is 0 Å². The van der Waals surface area contributed by atoms with Gasteiger partial charge in [0.05, 0.1) is 6.61 Å². The van der Waals surface area contributed by atoms with Gasteiger partial charge in [-0.1, -0.05) is 135 Å². The standard InChI is InChI=1S/C27H52O3/c1-2-27(29)30-26-24-22-20-18-16-14-12-10-8-6-4-3-5-7-9-11-13-15-17-19-21-23-25-28/h2,28H,1,3-26H2. The smallest absolute Gasteiger partial charge is 0.330 e. The number of carbonyl (C=O) groups is 1. The van der Waals surface area contributed by atoms with Crippen molar-refractivity contribution >= 4 is 5.97 Å². The third-order valence-electron chi connectivity index (χ3n) is 5.96. The van der Waals surface area contributed by atoms with Gasteiger partial charge in [-0.15, -0.1) is 0 Å². The molecule has 0 saturated heterocycles. The van der Waals surface area contributed by atoms with E-state index in [4.69, 9.17) is 9.84 Å². The predicted octanol–water partition coefficient (Wildman–Crippen LogP) is 8.29. The molecule has 178 valence electrons. The van der Waals surface area contributed by atoms with Crippen molar-refractivity contribution in [1.29, 1.82) is 0 Å². The SMILES string of the molecule is C=CC(=O)OCCCCCCCCCCCCCCCCCCCCCCCCO. The van der Waals surface area contributed by atoms with Crippen molar-refractivity contribution in [2.24, 2.45) is 0 Å². The van der Waals surface area contributed by atoms with Crippen molar-refractivity contribution in [2.45, 2.75) is 141 Å². The molecule has 0 aliphatic rings. The molecule has 0 amide bonds. The molecular formula is C27H52O3. The van der Waals surface area contributed by atoms with Crippen LogP contribution in [0, 0.1) is 0 Å². The maximum atomic E-state index is 10.9. The largest absolute Gasteiger partial charge is 0.463 e. The number of unbranched alkanes of at least 4 members (excludes halogenated alkanes) is 21. The summed E-state index contributed by atoms with van der Waals surface area (Å²) < 4.78 is 4.98. The minimum Gasteiger partial charge on any atom is -0.463 e. The molecule has 0 rings (SSSR count). The van der Waals surface area contributed by atoms with Crippen LogP contribution in [0.4, 0.5) is 0 Å². The molecule has 0 aliphatic carbocycles. The number of hydrogen-bond donors (Lipinski definition) is 1. The summed E-state index contributed by atoms with van der Waals surface area (Å²) in [7, 11) is 0. The van der Waals surface area contributed by atoms with E-state index in [-0.39, 0.29) is 5.97 Å². The van der Waals surface area contributed by atoms with E-state index in [1.807, 2.05) is 0 Å². The molecule has 0 aliphatic heterocycles. The summed E-state index contributed by atoms with van der Waals surface area (Å²) in [5.41, 5.74) is 0. The maximum absolute atomic E-state index is 10.9. The Morgan fingerprint density at radius 2 is 0.800 bits per heavy atom. The summed E-state index contributed by atoms with van der Waals surface area (Å²) in [5.74, 6) is -0.303. The van der Waals surface area contributed by atoms with Gasteiger partial charge >= 0.3 is 5.97 Å². The van der Waals surface area contributed by atoms with E-state index in [1.54, 1.807) is 0 Å². The zero-order valence-corrected chi connectivity index (χ0v) is 20.0. The average molecular weight is 425 g/mol. The molecule has 0 radical (unpaired) electrons. The van der Waals surface area contributed by atoms with E-state index in [0.29, 0.717) is 13.2 Å². The number of esters is 1. The van der Waals surface area contributed by atoms with E-state index in [2.05, 4.69) is 6.58 Å². The van der Waals surface area contributed by atoms with Crippen LogP contribution in [-0.4, -0.2) is 24.3 Å². The van der Waals surface area contributed by atoms with E-state index < -0.39 is 0 Å². The highest BCUT2D eigenvalue weighted by atomic mass is 16.5. The molecule has 0 heterocycles. The van der Waals surface area contributed by atoms with E-state index in [1.165, 1.54) is 128 Å². The Hall–Kier alpha value is -0.830. The van der Waals surface area contributed by atoms with Gasteiger partial charge in [0, 0.05) is 12.7 Å². The second-order valence-corrected chi connectivity index (χ2v) is 8.87. The first kappa shape index (κ1) is 29.2. The quantitative estimate of drug-likeness (QED) is 0.0910. The molecule has 0 saturated carbocycles. The highest BCUT2D eigenvalue weighted by molar-refractivity contribution is 5.81. The molecule has 30 heavy (non-hydrogen) atoms. The van der Waals surface area contributed by atoms with Gasteiger partial charge in [-0.25, -0.2) is 4.79 Å². The first-order chi connectivity index (χ1) is 14.8. The maximum Gasteiger partial charge on any atom is 0.330 e. The number of carbonyl (C=O) groups excluding carboxylic acids is 1. The lowest BCUT2D eigenvalue weighted by molar-refractivity contribution is -0.137. The summed E-state index contributed by atoms with van der Waals surface area (Å²) in [4.78, 5) is 10.9. The number of hydrogen-bond acceptors (Lipinski definition) is 3. The molecule has 0 atom stereocenters. The van der Waals surface area contributed by atoms with Crippen LogP contribution in [0.15, 0.2) is 12.7 Å². The molecule has 1 N–H and O–H groups in total. The Labute approximate surface area is 188 Å². The summed E-state index contributed by atoms with van der Waals surface area (Å²) in [6.07, 6.45) is 30.6. The molecule has 0 unspecified atom stereocenters. The lowest BCUT2D eigenvalue weighted by Gasteiger charge is -2.04. The fraction of sp³-hybridized carbons (Fsp3) is 0.889. The summed E-state index contributed by atoms with van der Waals surface area (Å²) in [6, 6.07) is 0. The molecule has 0 aromatic rings. The van der Waals surface area contributed by atoms with Gasteiger partial charge in [0.2, 0.25) is 0 Å². The second kappa shape index (κ2) is 26.2. The molecular weight excluding hydrogens is 372 g/mol. The number of rotatable bonds is 25. The van der Waals surface area contributed by atoms with Gasteiger partial charge in [0.1, 0.15) is 0 Å². The highest BCUT2D eigenvalue weighted by Crippen LogP contribution is 2.15. The second-order valence-electron chi connectivity index (χ2n) is 8.87. The summed E-state index contributed by atoms with van der Waals surface area (Å²) in [6.45, 7) is 4.29. The van der Waals surface area contributed by atoms with Crippen molar-refractivity contribution in [3.05, 3.63) is 12.7 Å². The Morgan fingerprint density at radius 3 is 1.07 bits per heavy atom. The predicted molar refractivity (Wildman–Crippen MR) is 130 cm³/mol. The van der Waals surface area contributed by atoms with Gasteiger partial charge in [-0.05, 0) is 12.8 Å². The zero-order valence-electron chi connectivity index (χ0n) is 20.0. The third-order valence-corrected chi connectivity index (χ3v) is 5.96. The summed E-state index contributed by atoms with van der Waals surface area (Å²) >= 11 is 0. The molecule has 0 aromatic heterocycles. The molecule has 3 nitrogen and oxygen atoms in total. The normalized spacial score (nSPS) is 11.0. The monoisotopic (exact) mass is 424 g/mol. The highest BCUT2D eigenvalue weighted by Gasteiger charge is 1.97. The van der Waals surface area contributed by atoms with E-state index >= 15 is 0 Å². The van der Waals surface area contributed by atoms with Crippen LogP contribution in [0.1, 0.15) is 141 Å². The fourth-order valence-electron chi connectivity index (χ4n) is 3.98. The van der Waals surface area contributed by atoms with Crippen LogP contribution < -0.4 is 0 Å². The zero-order chi connectivity index (χ0) is 22.0. The van der Waals surface area contributed by atoms with Crippen LogP contribution in [0.2, 0.25) is 0 Å². The Kier molecular flexibility index (Phi) is 25.5. The van der Waals surface area contributed by atoms with Crippen molar-refractivity contribution in [2.75, 3.05) is 13.2 Å². The van der Waals surface area contributed by atoms with Crippen molar-refractivity contribution in [1.82, 2.24) is 0 Å². The Morgan fingerprint density at radius 1 is 0.533 bits per heavy atom. The van der Waals surface area contributed by atoms with E-state index in [0.717, 1.165) is 19.3 Å². The molecule has 0 spiro atoms. The van der Waals surface area contributed by atoms with Crippen LogP contribution >= 0.6 is 0 Å². The van der Waals surface area contributed by atoms with Crippen LogP contribution in [0.3, 0.4) is 0 Å². The van der Waals surface area contributed by atoms with Crippen LogP contribution in [0.25, 0.3) is 0 Å². The molecule has 0 bridgehead atoms. The Balaban J connectivity index is 3.02. The van der Waals surface area contributed by atoms with Crippen molar-refractivity contribution < 1.29 is 14.6 Å². The lowest BCUT2D eigenvalue weighted by Crippen LogP contribution is -2.01. The lowest BCUT2D eigenvalue weighted by atomic mass is 10.0. The average Bonchev–Trinajstić information content (AvgIpc) is 2.76. The number of aliphatic hydroxyl groups is 1. The first-order valence-corrected chi connectivity index (χ1v) is 13.2. The van der Waals surface area contributed by atoms with Crippen molar-refractivity contribution in [3.8, 4) is 0 Å². The van der Waals surface area contributed by atoms with Gasteiger partial charge in [0.15, 0.2) is 0 Å². The summed E-state index contributed by atoms with van der Waals surface area (Å²) in [5, 5.41) is 8.74. The third kappa shape index (κ3) is 25.2. The minimum absolute atomic E-state index is 0.303. The Bertz CT molecular complexity index is 354. The van der Waals surface area contributed by atoms with Gasteiger partial charge < -0.3 is 9.84 Å². The molecule has 0 fully saturated rings. The molecule has 0 aromatic carbocycles. The van der Waals surface area contributed by atoms with Crippen LogP contribution in [-0.2, 0) is 9.53 Å². The van der Waals surface area contributed by atoms with Crippen LogP contribution in [0.5, 0.6) is 0 Å². The fourth-order valence-corrected chi connectivity index (χ4v) is 3.98. The molecule has 3 heteroatoms. The number of aliphatic hydroxyl groups excluding tert-OH is 1. The van der Waals surface area contributed by atoms with Gasteiger partial charge in [-0.3, -0.25) is 0 Å².